The molecule has 1 atom stereocenters. The van der Waals surface area contributed by atoms with Crippen molar-refractivity contribution in [3.05, 3.63) is 36.2 Å². The zero-order chi connectivity index (χ0) is 16.1. The van der Waals surface area contributed by atoms with Crippen molar-refractivity contribution in [2.24, 2.45) is 0 Å². The van der Waals surface area contributed by atoms with Crippen molar-refractivity contribution in [3.63, 3.8) is 0 Å². The Hall–Kier alpha value is -1.81. The summed E-state index contributed by atoms with van der Waals surface area (Å²) in [6.07, 6.45) is 6.58. The third kappa shape index (κ3) is 4.14. The third-order valence-electron chi connectivity index (χ3n) is 4.48. The van der Waals surface area contributed by atoms with Gasteiger partial charge >= 0.3 is 0 Å². The molecule has 23 heavy (non-hydrogen) atoms. The molecular formula is C19H26N2O2. The Kier molecular flexibility index (Phi) is 5.34. The maximum absolute atomic E-state index is 5.69. The van der Waals surface area contributed by atoms with Gasteiger partial charge in [0.15, 0.2) is 0 Å². The van der Waals surface area contributed by atoms with E-state index in [1.807, 2.05) is 24.3 Å². The average molecular weight is 314 g/mol. The molecule has 1 fully saturated rings. The molecule has 4 heteroatoms. The molecule has 0 amide bonds. The Balaban J connectivity index is 1.61. The molecule has 0 bridgehead atoms. The van der Waals surface area contributed by atoms with Crippen LogP contribution in [0.2, 0.25) is 0 Å². The van der Waals surface area contributed by atoms with Gasteiger partial charge in [-0.15, -0.1) is 0 Å². The van der Waals surface area contributed by atoms with Crippen LogP contribution >= 0.6 is 0 Å². The normalized spacial score (nSPS) is 18.4. The topological polar surface area (TPSA) is 38.5 Å². The molecule has 0 aliphatic carbocycles. The number of rotatable bonds is 7. The summed E-state index contributed by atoms with van der Waals surface area (Å²) >= 11 is 0. The first-order valence-electron chi connectivity index (χ1n) is 8.68. The van der Waals surface area contributed by atoms with E-state index in [4.69, 9.17) is 9.15 Å². The fourth-order valence-corrected chi connectivity index (χ4v) is 2.98. The van der Waals surface area contributed by atoms with E-state index < -0.39 is 0 Å². The minimum absolute atomic E-state index is 0.648. The summed E-state index contributed by atoms with van der Waals surface area (Å²) in [6, 6.07) is 8.63. The van der Waals surface area contributed by atoms with E-state index in [-0.39, 0.29) is 0 Å². The Morgan fingerprint density at radius 3 is 2.83 bits per heavy atom. The molecule has 2 aromatic rings. The van der Waals surface area contributed by atoms with Crippen LogP contribution in [-0.4, -0.2) is 29.1 Å². The monoisotopic (exact) mass is 314 g/mol. The number of hydrogen-bond donors (Lipinski definition) is 0. The van der Waals surface area contributed by atoms with Crippen LogP contribution in [0.1, 0.15) is 45.2 Å². The van der Waals surface area contributed by atoms with Crippen molar-refractivity contribution in [1.29, 1.82) is 0 Å². The second-order valence-electron chi connectivity index (χ2n) is 6.33. The van der Waals surface area contributed by atoms with E-state index in [1.54, 1.807) is 6.26 Å². The summed E-state index contributed by atoms with van der Waals surface area (Å²) in [5.41, 5.74) is 2.01. The largest absolute Gasteiger partial charge is 0.494 e. The maximum Gasteiger partial charge on any atom is 0.226 e. The van der Waals surface area contributed by atoms with Gasteiger partial charge in [0.25, 0.3) is 0 Å². The molecule has 0 radical (unpaired) electrons. The fraction of sp³-hybridized carbons (Fsp3) is 0.526. The molecular weight excluding hydrogens is 288 g/mol. The molecule has 1 aliphatic rings. The third-order valence-corrected chi connectivity index (χ3v) is 4.48. The van der Waals surface area contributed by atoms with E-state index in [9.17, 15) is 0 Å². The van der Waals surface area contributed by atoms with Crippen LogP contribution in [0.3, 0.4) is 0 Å². The summed E-state index contributed by atoms with van der Waals surface area (Å²) in [6.45, 7) is 7.25. The number of benzene rings is 1. The highest BCUT2D eigenvalue weighted by atomic mass is 16.5. The van der Waals surface area contributed by atoms with Crippen LogP contribution in [0.5, 0.6) is 5.75 Å². The van der Waals surface area contributed by atoms with Gasteiger partial charge in [-0.05, 0) is 57.0 Å². The maximum atomic E-state index is 5.69. The van der Waals surface area contributed by atoms with Crippen molar-refractivity contribution in [2.75, 3.05) is 13.2 Å². The lowest BCUT2D eigenvalue weighted by Crippen LogP contribution is -2.26. The number of oxazole rings is 1. The van der Waals surface area contributed by atoms with Gasteiger partial charge in [0, 0.05) is 18.2 Å². The molecule has 0 N–H and O–H groups in total. The summed E-state index contributed by atoms with van der Waals surface area (Å²) in [7, 11) is 0. The zero-order valence-electron chi connectivity index (χ0n) is 14.1. The minimum atomic E-state index is 0.648. The second kappa shape index (κ2) is 7.64. The van der Waals surface area contributed by atoms with E-state index >= 15 is 0 Å². The highest BCUT2D eigenvalue weighted by molar-refractivity contribution is 5.54. The molecule has 4 nitrogen and oxygen atoms in total. The molecule has 1 aromatic carbocycles. The first-order valence-corrected chi connectivity index (χ1v) is 8.68. The molecule has 3 rings (SSSR count). The van der Waals surface area contributed by atoms with Crippen molar-refractivity contribution in [1.82, 2.24) is 9.88 Å². The molecule has 1 aromatic heterocycles. The quantitative estimate of drug-likeness (QED) is 0.705. The van der Waals surface area contributed by atoms with Crippen molar-refractivity contribution < 1.29 is 9.15 Å². The number of unbranched alkanes of at least 4 members (excludes halogenated alkanes) is 1. The van der Waals surface area contributed by atoms with Gasteiger partial charge in [0.2, 0.25) is 5.89 Å². The predicted octanol–water partition coefficient (Wildman–Crippen LogP) is 4.50. The smallest absolute Gasteiger partial charge is 0.226 e. The summed E-state index contributed by atoms with van der Waals surface area (Å²) in [4.78, 5) is 7.10. The van der Waals surface area contributed by atoms with Crippen molar-refractivity contribution >= 4 is 0 Å². The SMILES string of the molecule is CCCCOc1ccc(-c2nc(CN3CCCC3C)co2)cc1. The number of likely N-dealkylation sites (tertiary alicyclic amines) is 1. The van der Waals surface area contributed by atoms with Gasteiger partial charge < -0.3 is 9.15 Å². The van der Waals surface area contributed by atoms with Gasteiger partial charge in [-0.2, -0.15) is 0 Å². The first-order chi connectivity index (χ1) is 11.3. The van der Waals surface area contributed by atoms with E-state index in [0.29, 0.717) is 11.9 Å². The van der Waals surface area contributed by atoms with E-state index in [1.165, 1.54) is 12.8 Å². The number of nitrogens with zero attached hydrogens (tertiary/aromatic N) is 2. The average Bonchev–Trinajstić information content (AvgIpc) is 3.19. The van der Waals surface area contributed by atoms with Crippen LogP contribution in [0.25, 0.3) is 11.5 Å². The summed E-state index contributed by atoms with van der Waals surface area (Å²) in [5, 5.41) is 0. The molecule has 1 unspecified atom stereocenters. The minimum Gasteiger partial charge on any atom is -0.494 e. The first kappa shape index (κ1) is 16.1. The molecule has 1 aliphatic heterocycles. The van der Waals surface area contributed by atoms with Crippen LogP contribution in [0.4, 0.5) is 0 Å². The Morgan fingerprint density at radius 1 is 1.30 bits per heavy atom. The lowest BCUT2D eigenvalue weighted by molar-refractivity contribution is 0.257. The molecule has 2 heterocycles. The van der Waals surface area contributed by atoms with Crippen molar-refractivity contribution in [2.45, 2.75) is 52.1 Å². The Morgan fingerprint density at radius 2 is 2.13 bits per heavy atom. The standard InChI is InChI=1S/C19H26N2O2/c1-3-4-12-22-18-9-7-16(8-10-18)19-20-17(14-23-19)13-21-11-5-6-15(21)2/h7-10,14-15H,3-6,11-13H2,1-2H3. The molecule has 124 valence electrons. The predicted molar refractivity (Wildman–Crippen MR) is 91.4 cm³/mol. The van der Waals surface area contributed by atoms with E-state index in [0.717, 1.165) is 49.5 Å². The highest BCUT2D eigenvalue weighted by Gasteiger charge is 2.21. The Labute approximate surface area is 138 Å². The fourth-order valence-electron chi connectivity index (χ4n) is 2.98. The van der Waals surface area contributed by atoms with Crippen LogP contribution in [0.15, 0.2) is 34.9 Å². The molecule has 0 saturated carbocycles. The molecule has 0 spiro atoms. The van der Waals surface area contributed by atoms with Gasteiger partial charge in [-0.3, -0.25) is 4.90 Å². The highest BCUT2D eigenvalue weighted by Crippen LogP contribution is 2.24. The second-order valence-corrected chi connectivity index (χ2v) is 6.33. The number of hydrogen-bond acceptors (Lipinski definition) is 4. The summed E-state index contributed by atoms with van der Waals surface area (Å²) in [5.74, 6) is 1.59. The van der Waals surface area contributed by atoms with Crippen LogP contribution < -0.4 is 4.74 Å². The Bertz CT molecular complexity index is 606. The van der Waals surface area contributed by atoms with Crippen LogP contribution in [0, 0.1) is 0 Å². The zero-order valence-corrected chi connectivity index (χ0v) is 14.1. The van der Waals surface area contributed by atoms with Gasteiger partial charge in [-0.1, -0.05) is 13.3 Å². The number of aromatic nitrogens is 1. The lowest BCUT2D eigenvalue weighted by atomic mass is 10.2. The summed E-state index contributed by atoms with van der Waals surface area (Å²) < 4.78 is 11.3. The van der Waals surface area contributed by atoms with Crippen LogP contribution in [-0.2, 0) is 6.54 Å². The van der Waals surface area contributed by atoms with Gasteiger partial charge in [0.05, 0.1) is 12.3 Å². The molecule has 1 saturated heterocycles. The van der Waals surface area contributed by atoms with Gasteiger partial charge in [0.1, 0.15) is 12.0 Å². The van der Waals surface area contributed by atoms with Gasteiger partial charge in [-0.25, -0.2) is 4.98 Å². The number of ether oxygens (including phenoxy) is 1. The van der Waals surface area contributed by atoms with E-state index in [2.05, 4.69) is 23.7 Å². The lowest BCUT2D eigenvalue weighted by Gasteiger charge is -2.18. The van der Waals surface area contributed by atoms with Crippen molar-refractivity contribution in [3.8, 4) is 17.2 Å².